The van der Waals surface area contributed by atoms with Gasteiger partial charge in [-0.05, 0) is 24.7 Å². The molecule has 0 aliphatic heterocycles. The molecule has 1 aromatic rings. The average molecular weight is 267 g/mol. The van der Waals surface area contributed by atoms with Crippen LogP contribution in [-0.2, 0) is 0 Å². The molecule has 1 aliphatic carbocycles. The Kier molecular flexibility index (Phi) is 3.76. The minimum Gasteiger partial charge on any atom is -0.368 e. The molecule has 0 unspecified atom stereocenters. The van der Waals surface area contributed by atoms with Crippen molar-refractivity contribution in [2.45, 2.75) is 24.8 Å². The van der Waals surface area contributed by atoms with Gasteiger partial charge in [-0.25, -0.2) is 4.39 Å². The standard InChI is InChI=1S/C13H12B2FN3O/c1-18-12(20)7-5-8(14)11(9(15)10(7)16)19-13(6-17)3-2-4-13/h5,19H,2-4H2,1H3,(H,18,20). The van der Waals surface area contributed by atoms with E-state index in [-0.39, 0.29) is 22.2 Å². The van der Waals surface area contributed by atoms with Crippen molar-refractivity contribution < 1.29 is 9.18 Å². The number of nitrogens with zero attached hydrogens (tertiary/aromatic N) is 1. The summed E-state index contributed by atoms with van der Waals surface area (Å²) in [4.78, 5) is 11.5. The lowest BCUT2D eigenvalue weighted by Crippen LogP contribution is -2.47. The molecule has 7 heteroatoms. The molecule has 2 N–H and O–H groups in total. The molecule has 0 bridgehead atoms. The number of carbonyl (C=O) groups is 1. The molecule has 0 spiro atoms. The second-order valence-electron chi connectivity index (χ2n) is 4.87. The zero-order valence-electron chi connectivity index (χ0n) is 11.1. The summed E-state index contributed by atoms with van der Waals surface area (Å²) in [5.41, 5.74) is -0.887. The lowest BCUT2D eigenvalue weighted by atomic mass is 9.75. The smallest absolute Gasteiger partial charge is 0.253 e. The molecule has 1 fully saturated rings. The molecule has 0 atom stereocenters. The number of amides is 1. The second-order valence-corrected chi connectivity index (χ2v) is 4.87. The summed E-state index contributed by atoms with van der Waals surface area (Å²) in [7, 11) is 12.9. The summed E-state index contributed by atoms with van der Waals surface area (Å²) >= 11 is 0. The van der Waals surface area contributed by atoms with Crippen LogP contribution in [0.3, 0.4) is 0 Å². The molecule has 1 amide bonds. The van der Waals surface area contributed by atoms with Gasteiger partial charge in [0.05, 0.1) is 11.6 Å². The van der Waals surface area contributed by atoms with E-state index in [1.165, 1.54) is 13.1 Å². The highest BCUT2D eigenvalue weighted by Crippen LogP contribution is 2.34. The third kappa shape index (κ3) is 2.26. The second kappa shape index (κ2) is 5.20. The summed E-state index contributed by atoms with van der Waals surface area (Å²) in [5.74, 6) is -1.44. The Bertz CT molecular complexity index is 609. The van der Waals surface area contributed by atoms with Crippen molar-refractivity contribution in [3.8, 4) is 6.07 Å². The number of rotatable bonds is 3. The maximum atomic E-state index is 14.1. The van der Waals surface area contributed by atoms with Gasteiger partial charge in [0.15, 0.2) is 0 Å². The highest BCUT2D eigenvalue weighted by molar-refractivity contribution is 6.44. The van der Waals surface area contributed by atoms with Gasteiger partial charge in [0.25, 0.3) is 5.91 Å². The van der Waals surface area contributed by atoms with E-state index in [0.29, 0.717) is 12.8 Å². The van der Waals surface area contributed by atoms with Gasteiger partial charge in [-0.3, -0.25) is 4.79 Å². The molecule has 98 valence electrons. The molecule has 1 aromatic carbocycles. The molecule has 20 heavy (non-hydrogen) atoms. The molecular weight excluding hydrogens is 255 g/mol. The van der Waals surface area contributed by atoms with Crippen LogP contribution in [0.5, 0.6) is 0 Å². The number of hydrogen-bond acceptors (Lipinski definition) is 3. The summed E-state index contributed by atoms with van der Waals surface area (Å²) in [6.45, 7) is 0. The van der Waals surface area contributed by atoms with Crippen molar-refractivity contribution in [2.75, 3.05) is 12.4 Å². The van der Waals surface area contributed by atoms with Crippen LogP contribution >= 0.6 is 0 Å². The van der Waals surface area contributed by atoms with E-state index in [1.807, 2.05) is 0 Å². The third-order valence-electron chi connectivity index (χ3n) is 3.59. The van der Waals surface area contributed by atoms with E-state index >= 15 is 0 Å². The molecule has 4 nitrogen and oxygen atoms in total. The normalized spacial score (nSPS) is 15.8. The van der Waals surface area contributed by atoms with E-state index in [0.717, 1.165) is 6.42 Å². The first-order chi connectivity index (χ1) is 9.44. The molecule has 4 radical (unpaired) electrons. The van der Waals surface area contributed by atoms with Gasteiger partial charge in [-0.2, -0.15) is 5.26 Å². The summed E-state index contributed by atoms with van der Waals surface area (Å²) in [5, 5.41) is 14.4. The minimum atomic E-state index is -0.839. The molecule has 1 aliphatic rings. The van der Waals surface area contributed by atoms with E-state index < -0.39 is 17.3 Å². The SMILES string of the molecule is [B]c1cc(C(=O)NC)c(F)c([B])c1NC1(C#N)CCC1. The van der Waals surface area contributed by atoms with Crippen molar-refractivity contribution >= 4 is 38.2 Å². The van der Waals surface area contributed by atoms with E-state index in [9.17, 15) is 14.4 Å². The van der Waals surface area contributed by atoms with Gasteiger partial charge in [-0.15, -0.1) is 0 Å². The van der Waals surface area contributed by atoms with Crippen LogP contribution in [0.1, 0.15) is 29.6 Å². The average Bonchev–Trinajstić information content (AvgIpc) is 2.40. The summed E-state index contributed by atoms with van der Waals surface area (Å²) in [6.07, 6.45) is 2.22. The topological polar surface area (TPSA) is 64.9 Å². The van der Waals surface area contributed by atoms with E-state index in [4.69, 9.17) is 15.7 Å². The summed E-state index contributed by atoms with van der Waals surface area (Å²) < 4.78 is 14.1. The first-order valence-corrected chi connectivity index (χ1v) is 6.23. The Balaban J connectivity index is 2.43. The largest absolute Gasteiger partial charge is 0.368 e. The zero-order chi connectivity index (χ0) is 14.9. The number of nitriles is 1. The number of anilines is 1. The Morgan fingerprint density at radius 1 is 1.50 bits per heavy atom. The molecule has 1 saturated carbocycles. The predicted molar refractivity (Wildman–Crippen MR) is 76.4 cm³/mol. The fraction of sp³-hybridized carbons (Fsp3) is 0.385. The maximum absolute atomic E-state index is 14.1. The minimum absolute atomic E-state index is 0.143. The number of nitrogens with one attached hydrogen (secondary N) is 2. The highest BCUT2D eigenvalue weighted by Gasteiger charge is 2.37. The Labute approximate surface area is 119 Å². The van der Waals surface area contributed by atoms with Crippen LogP contribution < -0.4 is 21.6 Å². The molecule has 0 saturated heterocycles. The van der Waals surface area contributed by atoms with Gasteiger partial charge in [0.1, 0.15) is 27.0 Å². The van der Waals surface area contributed by atoms with Gasteiger partial charge < -0.3 is 10.6 Å². The van der Waals surface area contributed by atoms with Crippen LogP contribution in [0.4, 0.5) is 10.1 Å². The quantitative estimate of drug-likeness (QED) is 0.734. The highest BCUT2D eigenvalue weighted by atomic mass is 19.1. The van der Waals surface area contributed by atoms with Crippen molar-refractivity contribution in [1.29, 1.82) is 5.26 Å². The summed E-state index contributed by atoms with van der Waals surface area (Å²) in [6, 6.07) is 3.38. The number of hydrogen-bond donors (Lipinski definition) is 2. The van der Waals surface area contributed by atoms with Crippen LogP contribution in [0, 0.1) is 17.1 Å². The number of carbonyl (C=O) groups excluding carboxylic acids is 1. The molecular formula is C13H12B2FN3O. The predicted octanol–water partition coefficient (Wildman–Crippen LogP) is -0.369. The Morgan fingerprint density at radius 2 is 2.15 bits per heavy atom. The van der Waals surface area contributed by atoms with Gasteiger partial charge >= 0.3 is 0 Å². The van der Waals surface area contributed by atoms with Crippen molar-refractivity contribution in [1.82, 2.24) is 5.32 Å². The number of halogens is 1. The van der Waals surface area contributed by atoms with E-state index in [1.54, 1.807) is 0 Å². The molecule has 0 aromatic heterocycles. The van der Waals surface area contributed by atoms with Crippen LogP contribution in [0.2, 0.25) is 0 Å². The van der Waals surface area contributed by atoms with Gasteiger partial charge in [0, 0.05) is 12.7 Å². The van der Waals surface area contributed by atoms with Crippen molar-refractivity contribution in [3.05, 3.63) is 17.4 Å². The van der Waals surface area contributed by atoms with Gasteiger partial charge in [-0.1, -0.05) is 11.5 Å². The maximum Gasteiger partial charge on any atom is 0.253 e. The fourth-order valence-corrected chi connectivity index (χ4v) is 2.18. The van der Waals surface area contributed by atoms with Crippen LogP contribution in [0.25, 0.3) is 0 Å². The first kappa shape index (κ1) is 14.4. The zero-order valence-corrected chi connectivity index (χ0v) is 11.1. The Hall–Kier alpha value is -1.96. The third-order valence-corrected chi connectivity index (χ3v) is 3.59. The molecule has 2 rings (SSSR count). The Morgan fingerprint density at radius 3 is 2.60 bits per heavy atom. The first-order valence-electron chi connectivity index (χ1n) is 6.23. The van der Waals surface area contributed by atoms with E-state index in [2.05, 4.69) is 16.7 Å². The monoisotopic (exact) mass is 267 g/mol. The lowest BCUT2D eigenvalue weighted by molar-refractivity contribution is 0.0959. The van der Waals surface area contributed by atoms with Crippen LogP contribution in [0.15, 0.2) is 6.07 Å². The fourth-order valence-electron chi connectivity index (χ4n) is 2.18. The van der Waals surface area contributed by atoms with Crippen molar-refractivity contribution in [2.24, 2.45) is 0 Å². The lowest BCUT2D eigenvalue weighted by Gasteiger charge is -2.38. The van der Waals surface area contributed by atoms with Crippen molar-refractivity contribution in [3.63, 3.8) is 0 Å². The van der Waals surface area contributed by atoms with Crippen LogP contribution in [-0.4, -0.2) is 34.2 Å². The number of benzene rings is 1. The van der Waals surface area contributed by atoms with Gasteiger partial charge in [0.2, 0.25) is 0 Å². The molecule has 0 heterocycles.